The molecule has 4 fully saturated rings. The highest BCUT2D eigenvalue weighted by molar-refractivity contribution is 6.04. The molecule has 1 atom stereocenters. The topological polar surface area (TPSA) is 78.9 Å². The molecular weight excluding hydrogens is 312 g/mol. The van der Waals surface area contributed by atoms with Gasteiger partial charge in [0.05, 0.1) is 5.92 Å². The highest BCUT2D eigenvalue weighted by Crippen LogP contribution is 2.47. The number of ether oxygens (including phenoxy) is 3. The molecule has 6 nitrogen and oxygen atoms in total. The van der Waals surface area contributed by atoms with Crippen molar-refractivity contribution in [3.63, 3.8) is 0 Å². The van der Waals surface area contributed by atoms with Crippen LogP contribution in [0.25, 0.3) is 0 Å². The molecule has 0 saturated heterocycles. The molecular formula is C18H24O6. The van der Waals surface area contributed by atoms with Crippen molar-refractivity contribution in [1.82, 2.24) is 0 Å². The Morgan fingerprint density at radius 1 is 0.667 bits per heavy atom. The first-order chi connectivity index (χ1) is 11.6. The van der Waals surface area contributed by atoms with Crippen LogP contribution in [0.15, 0.2) is 0 Å². The number of esters is 3. The maximum absolute atomic E-state index is 12.9. The summed E-state index contributed by atoms with van der Waals surface area (Å²) in [5.74, 6) is -2.36. The first-order valence-corrected chi connectivity index (χ1v) is 9.22. The molecule has 6 heteroatoms. The summed E-state index contributed by atoms with van der Waals surface area (Å²) in [6, 6.07) is 0. The Labute approximate surface area is 141 Å². The predicted molar refractivity (Wildman–Crippen MR) is 81.7 cm³/mol. The van der Waals surface area contributed by atoms with Gasteiger partial charge in [-0.25, -0.2) is 0 Å². The Bertz CT molecular complexity index is 518. The molecule has 0 aromatic heterocycles. The fourth-order valence-electron chi connectivity index (χ4n) is 3.38. The minimum absolute atomic E-state index is 0.0453. The van der Waals surface area contributed by atoms with E-state index in [2.05, 4.69) is 0 Å². The zero-order valence-electron chi connectivity index (χ0n) is 13.8. The Hall–Kier alpha value is -1.59. The summed E-state index contributed by atoms with van der Waals surface area (Å²) in [5, 5.41) is 0. The minimum atomic E-state index is -1.50. The highest BCUT2D eigenvalue weighted by Gasteiger charge is 2.60. The molecule has 1 unspecified atom stereocenters. The van der Waals surface area contributed by atoms with Gasteiger partial charge in [0.25, 0.3) is 0 Å². The van der Waals surface area contributed by atoms with E-state index in [4.69, 9.17) is 14.2 Å². The lowest BCUT2D eigenvalue weighted by Gasteiger charge is -2.38. The fourth-order valence-corrected chi connectivity index (χ4v) is 3.38. The zero-order chi connectivity index (χ0) is 16.7. The van der Waals surface area contributed by atoms with E-state index in [0.717, 1.165) is 44.9 Å². The molecule has 4 aliphatic rings. The van der Waals surface area contributed by atoms with Crippen molar-refractivity contribution in [2.75, 3.05) is 0 Å². The minimum Gasteiger partial charge on any atom is -0.462 e. The fraction of sp³-hybridized carbons (Fsp3) is 0.833. The van der Waals surface area contributed by atoms with Gasteiger partial charge in [-0.3, -0.25) is 14.4 Å². The average molecular weight is 336 g/mol. The van der Waals surface area contributed by atoms with E-state index in [0.29, 0.717) is 19.3 Å². The lowest BCUT2D eigenvalue weighted by molar-refractivity contribution is -0.189. The van der Waals surface area contributed by atoms with Gasteiger partial charge in [-0.2, -0.15) is 0 Å². The third-order valence-corrected chi connectivity index (χ3v) is 5.33. The summed E-state index contributed by atoms with van der Waals surface area (Å²) < 4.78 is 16.4. The summed E-state index contributed by atoms with van der Waals surface area (Å²) >= 11 is 0. The maximum Gasteiger partial charge on any atom is 0.324 e. The van der Waals surface area contributed by atoms with E-state index in [1.165, 1.54) is 0 Å². The van der Waals surface area contributed by atoms with Crippen LogP contribution in [-0.4, -0.2) is 36.2 Å². The van der Waals surface area contributed by atoms with Crippen LogP contribution in [0.4, 0.5) is 0 Å². The summed E-state index contributed by atoms with van der Waals surface area (Å²) in [6.07, 6.45) is 7.10. The van der Waals surface area contributed by atoms with Gasteiger partial charge in [0.15, 0.2) is 5.41 Å². The lowest BCUT2D eigenvalue weighted by Crippen LogP contribution is -2.53. The van der Waals surface area contributed by atoms with Crippen LogP contribution in [0.5, 0.6) is 0 Å². The third kappa shape index (κ3) is 3.15. The Morgan fingerprint density at radius 3 is 1.67 bits per heavy atom. The predicted octanol–water partition coefficient (Wildman–Crippen LogP) is 2.28. The van der Waals surface area contributed by atoms with Crippen LogP contribution < -0.4 is 0 Å². The molecule has 132 valence electrons. The molecule has 0 aliphatic heterocycles. The number of hydrogen-bond donors (Lipinski definition) is 0. The van der Waals surface area contributed by atoms with Gasteiger partial charge in [-0.1, -0.05) is 12.8 Å². The molecule has 0 N–H and O–H groups in total. The molecule has 0 radical (unpaired) electrons. The van der Waals surface area contributed by atoms with Crippen LogP contribution in [0.3, 0.4) is 0 Å². The molecule has 4 aliphatic carbocycles. The van der Waals surface area contributed by atoms with Gasteiger partial charge in [-0.15, -0.1) is 0 Å². The molecule has 4 rings (SSSR count). The molecule has 4 saturated carbocycles. The van der Waals surface area contributed by atoms with E-state index in [1.807, 2.05) is 0 Å². The van der Waals surface area contributed by atoms with Crippen LogP contribution in [0.2, 0.25) is 0 Å². The number of carbonyl (C=O) groups is 3. The van der Waals surface area contributed by atoms with Crippen molar-refractivity contribution in [2.45, 2.75) is 82.5 Å². The van der Waals surface area contributed by atoms with Crippen molar-refractivity contribution in [1.29, 1.82) is 0 Å². The molecule has 0 heterocycles. The maximum atomic E-state index is 12.9. The quantitative estimate of drug-likeness (QED) is 0.421. The van der Waals surface area contributed by atoms with E-state index in [1.54, 1.807) is 0 Å². The zero-order valence-corrected chi connectivity index (χ0v) is 13.8. The normalized spacial score (nSPS) is 28.8. The van der Waals surface area contributed by atoms with Crippen LogP contribution >= 0.6 is 0 Å². The van der Waals surface area contributed by atoms with Crippen LogP contribution in [0.1, 0.15) is 64.2 Å². The lowest BCUT2D eigenvalue weighted by atomic mass is 9.66. The molecule has 0 amide bonds. The number of carbonyl (C=O) groups excluding carboxylic acids is 3. The van der Waals surface area contributed by atoms with Gasteiger partial charge < -0.3 is 14.2 Å². The first-order valence-electron chi connectivity index (χ1n) is 9.22. The molecule has 0 aromatic carbocycles. The van der Waals surface area contributed by atoms with E-state index in [9.17, 15) is 14.4 Å². The second-order valence-electron chi connectivity index (χ2n) is 7.62. The standard InChI is InChI=1S/C18H24O6/c19-15(22-11-4-5-11)14-3-1-2-10-18(14,16(20)23-12-6-7-12)17(21)24-13-8-9-13/h11-14H,1-10H2. The van der Waals surface area contributed by atoms with Crippen molar-refractivity contribution < 1.29 is 28.6 Å². The van der Waals surface area contributed by atoms with E-state index >= 15 is 0 Å². The summed E-state index contributed by atoms with van der Waals surface area (Å²) in [7, 11) is 0. The molecule has 0 bridgehead atoms. The largest absolute Gasteiger partial charge is 0.462 e. The smallest absolute Gasteiger partial charge is 0.324 e. The number of hydrogen-bond acceptors (Lipinski definition) is 6. The van der Waals surface area contributed by atoms with Gasteiger partial charge in [0, 0.05) is 0 Å². The van der Waals surface area contributed by atoms with Gasteiger partial charge >= 0.3 is 17.9 Å². The Balaban J connectivity index is 1.59. The van der Waals surface area contributed by atoms with Gasteiger partial charge in [-0.05, 0) is 51.4 Å². The SMILES string of the molecule is O=C(OC1CC1)C1CCCCC1(C(=O)OC1CC1)C(=O)OC1CC1. The van der Waals surface area contributed by atoms with E-state index in [-0.39, 0.29) is 18.3 Å². The molecule has 0 spiro atoms. The van der Waals surface area contributed by atoms with Gasteiger partial charge in [0.2, 0.25) is 0 Å². The summed E-state index contributed by atoms with van der Waals surface area (Å²) in [5.41, 5.74) is -1.50. The molecule has 0 aromatic rings. The average Bonchev–Trinajstić information content (AvgIpc) is 3.40. The van der Waals surface area contributed by atoms with E-state index < -0.39 is 29.2 Å². The van der Waals surface area contributed by atoms with Crippen LogP contribution in [0, 0.1) is 11.3 Å². The number of rotatable bonds is 6. The third-order valence-electron chi connectivity index (χ3n) is 5.33. The Morgan fingerprint density at radius 2 is 1.17 bits per heavy atom. The van der Waals surface area contributed by atoms with Crippen molar-refractivity contribution in [3.8, 4) is 0 Å². The summed E-state index contributed by atoms with van der Waals surface area (Å²) in [6.45, 7) is 0. The second kappa shape index (κ2) is 6.05. The van der Waals surface area contributed by atoms with Gasteiger partial charge in [0.1, 0.15) is 18.3 Å². The summed E-state index contributed by atoms with van der Waals surface area (Å²) in [4.78, 5) is 38.4. The molecule has 24 heavy (non-hydrogen) atoms. The second-order valence-corrected chi connectivity index (χ2v) is 7.62. The van der Waals surface area contributed by atoms with Crippen molar-refractivity contribution >= 4 is 17.9 Å². The first kappa shape index (κ1) is 15.9. The van der Waals surface area contributed by atoms with Crippen molar-refractivity contribution in [3.05, 3.63) is 0 Å². The van der Waals surface area contributed by atoms with Crippen LogP contribution in [-0.2, 0) is 28.6 Å². The Kier molecular flexibility index (Phi) is 4.01. The monoisotopic (exact) mass is 336 g/mol. The van der Waals surface area contributed by atoms with Crippen molar-refractivity contribution in [2.24, 2.45) is 11.3 Å². The highest BCUT2D eigenvalue weighted by atomic mass is 16.6.